The van der Waals surface area contributed by atoms with Gasteiger partial charge in [-0.25, -0.2) is 8.42 Å². The van der Waals surface area contributed by atoms with Crippen molar-refractivity contribution >= 4 is 45.4 Å². The lowest BCUT2D eigenvalue weighted by atomic mass is 9.91. The number of benzene rings is 1. The molecule has 2 atom stereocenters. The van der Waals surface area contributed by atoms with Gasteiger partial charge in [-0.3, -0.25) is 14.5 Å². The van der Waals surface area contributed by atoms with Crippen LogP contribution in [0.4, 0.5) is 0 Å². The van der Waals surface area contributed by atoms with E-state index in [1.807, 2.05) is 6.07 Å². The molecule has 1 aromatic rings. The minimum Gasteiger partial charge on any atom is -0.351 e. The number of sulfonamides is 1. The number of piperidine rings is 1. The molecule has 4 aliphatic rings. The van der Waals surface area contributed by atoms with E-state index in [0.717, 1.165) is 51.1 Å². The van der Waals surface area contributed by atoms with Gasteiger partial charge in [0.15, 0.2) is 0 Å². The predicted molar refractivity (Wildman–Crippen MR) is 173 cm³/mol. The molecular formula is C31H48N4O4S3. The molecule has 4 fully saturated rings. The Morgan fingerprint density at radius 2 is 1.64 bits per heavy atom. The quantitative estimate of drug-likeness (QED) is 0.355. The summed E-state index contributed by atoms with van der Waals surface area (Å²) >= 11 is 3.23. The minimum absolute atomic E-state index is 0.0774. The van der Waals surface area contributed by atoms with Crippen LogP contribution in [-0.2, 0) is 26.2 Å². The predicted octanol–water partition coefficient (Wildman–Crippen LogP) is 4.21. The molecule has 42 heavy (non-hydrogen) atoms. The maximum atomic E-state index is 13.6. The SMILES string of the molecule is O=C(NC1CCN(Cc2ccccc2)CC1)[C@H](CSCC1CCCCC1)NC(=O)[C@@H]1CSCN1S(=O)(=O)C1CCCC1. The number of nitrogens with zero attached hydrogens (tertiary/aromatic N) is 2. The van der Waals surface area contributed by atoms with E-state index in [9.17, 15) is 18.0 Å². The van der Waals surface area contributed by atoms with Crippen molar-refractivity contribution in [3.63, 3.8) is 0 Å². The average molecular weight is 637 g/mol. The maximum absolute atomic E-state index is 13.6. The number of carbonyl (C=O) groups excluding carboxylic acids is 2. The molecule has 0 spiro atoms. The number of carbonyl (C=O) groups is 2. The number of nitrogens with one attached hydrogen (secondary N) is 2. The second kappa shape index (κ2) is 15.6. The zero-order chi connectivity index (χ0) is 29.4. The van der Waals surface area contributed by atoms with Gasteiger partial charge in [0.1, 0.15) is 12.1 Å². The van der Waals surface area contributed by atoms with Gasteiger partial charge in [0.2, 0.25) is 21.8 Å². The zero-order valence-electron chi connectivity index (χ0n) is 24.8. The molecule has 2 heterocycles. The molecule has 2 amide bonds. The van der Waals surface area contributed by atoms with Crippen LogP contribution >= 0.6 is 23.5 Å². The summed E-state index contributed by atoms with van der Waals surface area (Å²) in [7, 11) is -3.53. The molecule has 0 radical (unpaired) electrons. The molecule has 0 bridgehead atoms. The molecule has 2 aliphatic heterocycles. The Kier molecular flexibility index (Phi) is 12.0. The number of amides is 2. The fraction of sp³-hybridized carbons (Fsp3) is 0.742. The molecular weight excluding hydrogens is 589 g/mol. The number of thioether (sulfide) groups is 2. The fourth-order valence-electron chi connectivity index (χ4n) is 6.80. The topological polar surface area (TPSA) is 98.8 Å². The zero-order valence-corrected chi connectivity index (χ0v) is 27.2. The summed E-state index contributed by atoms with van der Waals surface area (Å²) in [4.78, 5) is 29.6. The first-order chi connectivity index (χ1) is 20.4. The highest BCUT2D eigenvalue weighted by Crippen LogP contribution is 2.33. The molecule has 8 nitrogen and oxygen atoms in total. The molecule has 234 valence electrons. The van der Waals surface area contributed by atoms with Crippen LogP contribution in [0.15, 0.2) is 30.3 Å². The summed E-state index contributed by atoms with van der Waals surface area (Å²) < 4.78 is 28.1. The molecule has 11 heteroatoms. The summed E-state index contributed by atoms with van der Waals surface area (Å²) in [5.41, 5.74) is 1.30. The van der Waals surface area contributed by atoms with Gasteiger partial charge >= 0.3 is 0 Å². The average Bonchev–Trinajstić information content (AvgIpc) is 3.73. The molecule has 2 aliphatic carbocycles. The summed E-state index contributed by atoms with van der Waals surface area (Å²) in [5.74, 6) is 2.45. The molecule has 1 aromatic carbocycles. The van der Waals surface area contributed by atoms with Gasteiger partial charge in [0, 0.05) is 37.2 Å². The van der Waals surface area contributed by atoms with Gasteiger partial charge in [-0.15, -0.1) is 11.8 Å². The lowest BCUT2D eigenvalue weighted by Crippen LogP contribution is -2.57. The molecule has 0 aromatic heterocycles. The number of hydrogen-bond acceptors (Lipinski definition) is 7. The summed E-state index contributed by atoms with van der Waals surface area (Å²) in [6, 6.07) is 9.12. The van der Waals surface area contributed by atoms with Crippen LogP contribution in [0.25, 0.3) is 0 Å². The first-order valence-electron chi connectivity index (χ1n) is 15.9. The minimum atomic E-state index is -3.53. The second-order valence-corrected chi connectivity index (χ2v) is 16.7. The highest BCUT2D eigenvalue weighted by Gasteiger charge is 2.44. The number of hydrogen-bond donors (Lipinski definition) is 2. The number of rotatable bonds is 12. The summed E-state index contributed by atoms with van der Waals surface area (Å²) in [6.45, 7) is 2.75. The Hall–Kier alpha value is -1.27. The van der Waals surface area contributed by atoms with Crippen molar-refractivity contribution in [2.75, 3.05) is 36.2 Å². The lowest BCUT2D eigenvalue weighted by molar-refractivity contribution is -0.130. The fourth-order valence-corrected chi connectivity index (χ4v) is 11.8. The van der Waals surface area contributed by atoms with Gasteiger partial charge < -0.3 is 10.6 Å². The van der Waals surface area contributed by atoms with Crippen molar-refractivity contribution in [1.82, 2.24) is 19.8 Å². The van der Waals surface area contributed by atoms with Crippen LogP contribution in [0.5, 0.6) is 0 Å². The van der Waals surface area contributed by atoms with Crippen LogP contribution in [0, 0.1) is 5.92 Å². The third-order valence-electron chi connectivity index (χ3n) is 9.37. The van der Waals surface area contributed by atoms with Crippen molar-refractivity contribution < 1.29 is 18.0 Å². The first-order valence-corrected chi connectivity index (χ1v) is 19.7. The molecule has 2 saturated carbocycles. The largest absolute Gasteiger partial charge is 0.351 e. The summed E-state index contributed by atoms with van der Waals surface area (Å²) in [5, 5.41) is 5.88. The smallest absolute Gasteiger partial charge is 0.243 e. The lowest BCUT2D eigenvalue weighted by Gasteiger charge is -2.33. The van der Waals surface area contributed by atoms with E-state index in [0.29, 0.717) is 36.1 Å². The van der Waals surface area contributed by atoms with Crippen molar-refractivity contribution in [3.8, 4) is 0 Å². The van der Waals surface area contributed by atoms with Gasteiger partial charge in [-0.05, 0) is 55.8 Å². The first kappa shape index (κ1) is 32.1. The molecule has 0 unspecified atom stereocenters. The Labute approximate surface area is 260 Å². The van der Waals surface area contributed by atoms with Gasteiger partial charge in [0.25, 0.3) is 0 Å². The Bertz CT molecular complexity index is 1120. The van der Waals surface area contributed by atoms with E-state index >= 15 is 0 Å². The van der Waals surface area contributed by atoms with E-state index in [2.05, 4.69) is 39.8 Å². The third-order valence-corrected chi connectivity index (χ3v) is 14.2. The van der Waals surface area contributed by atoms with E-state index in [-0.39, 0.29) is 23.1 Å². The summed E-state index contributed by atoms with van der Waals surface area (Å²) in [6.07, 6.45) is 11.3. The van der Waals surface area contributed by atoms with E-state index in [1.165, 1.54) is 53.7 Å². The van der Waals surface area contributed by atoms with Crippen LogP contribution in [0.1, 0.15) is 76.2 Å². The Balaban J connectivity index is 1.17. The monoisotopic (exact) mass is 636 g/mol. The van der Waals surface area contributed by atoms with Crippen LogP contribution in [0.2, 0.25) is 0 Å². The van der Waals surface area contributed by atoms with Gasteiger partial charge in [0.05, 0.1) is 11.1 Å². The van der Waals surface area contributed by atoms with Gasteiger partial charge in [-0.2, -0.15) is 16.1 Å². The van der Waals surface area contributed by atoms with Crippen molar-refractivity contribution in [1.29, 1.82) is 0 Å². The van der Waals surface area contributed by atoms with Crippen molar-refractivity contribution in [3.05, 3.63) is 35.9 Å². The van der Waals surface area contributed by atoms with Crippen molar-refractivity contribution in [2.24, 2.45) is 5.92 Å². The maximum Gasteiger partial charge on any atom is 0.243 e. The molecule has 2 N–H and O–H groups in total. The van der Waals surface area contributed by atoms with E-state index < -0.39 is 22.1 Å². The third kappa shape index (κ3) is 8.67. The van der Waals surface area contributed by atoms with Crippen molar-refractivity contribution in [2.45, 2.75) is 101 Å². The van der Waals surface area contributed by atoms with E-state index in [1.54, 1.807) is 11.8 Å². The van der Waals surface area contributed by atoms with Crippen LogP contribution in [0.3, 0.4) is 0 Å². The number of likely N-dealkylation sites (tertiary alicyclic amines) is 1. The molecule has 2 saturated heterocycles. The highest BCUT2D eigenvalue weighted by molar-refractivity contribution is 8.00. The highest BCUT2D eigenvalue weighted by atomic mass is 32.2. The standard InChI is InChI=1S/C31H48N4O4S3/c36-30(32-26-15-17-34(18-16-26)19-24-9-3-1-4-10-24)28(21-40-20-25-11-5-2-6-12-25)33-31(37)29-22-41-23-35(29)42(38,39)27-13-7-8-14-27/h1,3-4,9-10,25-29H,2,5-8,11-23H2,(H,32,36)(H,33,37)/t28-,29-/m0/s1. The Morgan fingerprint density at radius 3 is 2.36 bits per heavy atom. The van der Waals surface area contributed by atoms with Crippen LogP contribution < -0.4 is 10.6 Å². The van der Waals surface area contributed by atoms with Gasteiger partial charge in [-0.1, -0.05) is 62.4 Å². The van der Waals surface area contributed by atoms with Crippen LogP contribution in [-0.4, -0.2) is 89.0 Å². The Morgan fingerprint density at radius 1 is 0.952 bits per heavy atom. The molecule has 5 rings (SSSR count). The van der Waals surface area contributed by atoms with E-state index in [4.69, 9.17) is 0 Å². The normalized spacial score (nSPS) is 24.5. The second-order valence-electron chi connectivity index (χ2n) is 12.5.